The molecule has 0 radical (unpaired) electrons. The summed E-state index contributed by atoms with van der Waals surface area (Å²) in [5.74, 6) is -0.353. The van der Waals surface area contributed by atoms with Crippen LogP contribution in [0.15, 0.2) is 5.16 Å². The summed E-state index contributed by atoms with van der Waals surface area (Å²) < 4.78 is 38.9. The maximum atomic E-state index is 13.0. The molecule has 22 heavy (non-hydrogen) atoms. The van der Waals surface area contributed by atoms with Gasteiger partial charge in [0.25, 0.3) is 0 Å². The van der Waals surface area contributed by atoms with Crippen LogP contribution in [0.1, 0.15) is 43.2 Å². The number of thioether (sulfide) groups is 1. The number of aromatic hydroxyl groups is 1. The van der Waals surface area contributed by atoms with Crippen molar-refractivity contribution in [3.8, 4) is 5.88 Å². The second-order valence-corrected chi connectivity index (χ2v) is 6.73. The summed E-state index contributed by atoms with van der Waals surface area (Å²) in [6, 6.07) is 0. The number of rotatable bonds is 4. The van der Waals surface area contributed by atoms with Crippen LogP contribution in [0.3, 0.4) is 0 Å². The lowest BCUT2D eigenvalue weighted by Gasteiger charge is -2.18. The van der Waals surface area contributed by atoms with Crippen LogP contribution in [0, 0.1) is 0 Å². The predicted molar refractivity (Wildman–Crippen MR) is 78.1 cm³/mol. The van der Waals surface area contributed by atoms with Gasteiger partial charge in [-0.25, -0.2) is 5.10 Å². The van der Waals surface area contributed by atoms with Crippen LogP contribution in [-0.4, -0.2) is 31.8 Å². The van der Waals surface area contributed by atoms with Gasteiger partial charge in [0, 0.05) is 11.7 Å². The Morgan fingerprint density at radius 2 is 2.23 bits per heavy atom. The second kappa shape index (κ2) is 6.19. The van der Waals surface area contributed by atoms with E-state index in [2.05, 4.69) is 10.3 Å². The van der Waals surface area contributed by atoms with E-state index >= 15 is 0 Å². The topological polar surface area (TPSA) is 70.5 Å². The smallest absolute Gasteiger partial charge is 0.435 e. The molecule has 1 aromatic rings. The van der Waals surface area contributed by atoms with Crippen molar-refractivity contribution in [2.75, 3.05) is 5.88 Å². The number of aromatic amines is 1. The lowest BCUT2D eigenvalue weighted by molar-refractivity contribution is -0.141. The molecule has 2 unspecified atom stereocenters. The number of hydrogen-bond donors (Lipinski definition) is 2. The van der Waals surface area contributed by atoms with Gasteiger partial charge in [0.1, 0.15) is 5.04 Å². The van der Waals surface area contributed by atoms with Crippen molar-refractivity contribution >= 4 is 28.4 Å². The third-order valence-corrected chi connectivity index (χ3v) is 5.11. The molecular weight excluding hydrogens is 343 g/mol. The second-order valence-electron chi connectivity index (χ2n) is 5.18. The summed E-state index contributed by atoms with van der Waals surface area (Å²) in [4.78, 5) is 5.22. The average Bonchev–Trinajstić information content (AvgIpc) is 3.00. The molecule has 5 nitrogen and oxygen atoms in total. The molecule has 2 rings (SSSR count). The van der Waals surface area contributed by atoms with E-state index in [0.29, 0.717) is 17.9 Å². The van der Waals surface area contributed by atoms with Crippen LogP contribution in [-0.2, 0) is 11.0 Å². The van der Waals surface area contributed by atoms with Crippen molar-refractivity contribution in [3.63, 3.8) is 0 Å². The van der Waals surface area contributed by atoms with Gasteiger partial charge in [0.05, 0.1) is 11.4 Å². The van der Waals surface area contributed by atoms with Gasteiger partial charge in [-0.1, -0.05) is 23.8 Å². The normalized spacial score (nSPS) is 23.3. The lowest BCUT2D eigenvalue weighted by Crippen LogP contribution is -2.26. The van der Waals surface area contributed by atoms with Crippen molar-refractivity contribution < 1.29 is 23.1 Å². The first-order valence-corrected chi connectivity index (χ1v) is 7.93. The molecule has 0 aliphatic carbocycles. The third kappa shape index (κ3) is 3.45. The Morgan fingerprint density at radius 1 is 1.55 bits per heavy atom. The maximum Gasteiger partial charge on any atom is 0.435 e. The van der Waals surface area contributed by atoms with Crippen LogP contribution < -0.4 is 0 Å². The number of halogens is 4. The minimum atomic E-state index is -4.64. The van der Waals surface area contributed by atoms with E-state index in [0.717, 1.165) is 11.8 Å². The quantitative estimate of drug-likeness (QED) is 0.797. The highest BCUT2D eigenvalue weighted by molar-refractivity contribution is 8.14. The van der Waals surface area contributed by atoms with E-state index in [1.807, 2.05) is 5.10 Å². The zero-order valence-corrected chi connectivity index (χ0v) is 13.4. The van der Waals surface area contributed by atoms with Crippen molar-refractivity contribution in [1.82, 2.24) is 10.2 Å². The van der Waals surface area contributed by atoms with E-state index in [1.54, 1.807) is 13.8 Å². The van der Waals surface area contributed by atoms with Crippen molar-refractivity contribution in [1.29, 1.82) is 0 Å². The predicted octanol–water partition coefficient (Wildman–Crippen LogP) is 4.05. The molecule has 0 saturated heterocycles. The number of H-pyrrole nitrogens is 1. The SMILES string of the molecule is CCC(SC1=NOC(C)(CCl)C1)c1c(C(F)(F)F)n[nH]c1O. The number of aromatic nitrogens is 2. The van der Waals surface area contributed by atoms with E-state index in [9.17, 15) is 18.3 Å². The molecule has 1 aromatic heterocycles. The first-order chi connectivity index (χ1) is 10.2. The summed E-state index contributed by atoms with van der Waals surface area (Å²) in [5, 5.41) is 18.6. The number of nitrogens with zero attached hydrogens (tertiary/aromatic N) is 2. The van der Waals surface area contributed by atoms with Crippen molar-refractivity contribution in [2.24, 2.45) is 5.16 Å². The van der Waals surface area contributed by atoms with Gasteiger partial charge in [-0.3, -0.25) is 0 Å². The first-order valence-electron chi connectivity index (χ1n) is 6.52. The van der Waals surface area contributed by atoms with Gasteiger partial charge < -0.3 is 9.94 Å². The van der Waals surface area contributed by atoms with E-state index in [4.69, 9.17) is 16.4 Å². The maximum absolute atomic E-state index is 13.0. The molecule has 10 heteroatoms. The van der Waals surface area contributed by atoms with Crippen LogP contribution in [0.5, 0.6) is 5.88 Å². The molecule has 0 fully saturated rings. The van der Waals surface area contributed by atoms with Crippen molar-refractivity contribution in [3.05, 3.63) is 11.3 Å². The number of nitrogens with one attached hydrogen (secondary N) is 1. The Balaban J connectivity index is 2.22. The Morgan fingerprint density at radius 3 is 2.73 bits per heavy atom. The van der Waals surface area contributed by atoms with Gasteiger partial charge in [-0.05, 0) is 13.3 Å². The van der Waals surface area contributed by atoms with Gasteiger partial charge in [0.15, 0.2) is 11.3 Å². The summed E-state index contributed by atoms with van der Waals surface area (Å²) in [6.07, 6.45) is -3.87. The highest BCUT2D eigenvalue weighted by atomic mass is 35.5. The zero-order chi connectivity index (χ0) is 16.5. The van der Waals surface area contributed by atoms with Crippen LogP contribution in [0.25, 0.3) is 0 Å². The van der Waals surface area contributed by atoms with Crippen LogP contribution in [0.2, 0.25) is 0 Å². The van der Waals surface area contributed by atoms with Crippen molar-refractivity contribution in [2.45, 2.75) is 43.7 Å². The number of alkyl halides is 4. The zero-order valence-electron chi connectivity index (χ0n) is 11.9. The van der Waals surface area contributed by atoms with Gasteiger partial charge in [0.2, 0.25) is 5.88 Å². The monoisotopic (exact) mass is 357 g/mol. The van der Waals surface area contributed by atoms with Gasteiger partial charge in [-0.15, -0.1) is 11.6 Å². The number of oxime groups is 1. The molecule has 0 aromatic carbocycles. The summed E-state index contributed by atoms with van der Waals surface area (Å²) in [5.41, 5.74) is -2.01. The summed E-state index contributed by atoms with van der Waals surface area (Å²) in [6.45, 7) is 3.50. The molecule has 0 bridgehead atoms. The average molecular weight is 358 g/mol. The Labute approximate surface area is 134 Å². The summed E-state index contributed by atoms with van der Waals surface area (Å²) >= 11 is 6.90. The van der Waals surface area contributed by atoms with Crippen LogP contribution >= 0.6 is 23.4 Å². The highest BCUT2D eigenvalue weighted by Crippen LogP contribution is 2.45. The fraction of sp³-hybridized carbons (Fsp3) is 0.667. The molecule has 1 aliphatic heterocycles. The molecule has 2 N–H and O–H groups in total. The van der Waals surface area contributed by atoms with Crippen LogP contribution in [0.4, 0.5) is 13.2 Å². The Kier molecular flexibility index (Phi) is 4.86. The molecule has 2 atom stereocenters. The lowest BCUT2D eigenvalue weighted by atomic mass is 10.1. The summed E-state index contributed by atoms with van der Waals surface area (Å²) in [7, 11) is 0. The molecule has 1 aliphatic rings. The van der Waals surface area contributed by atoms with E-state index in [1.165, 1.54) is 0 Å². The van der Waals surface area contributed by atoms with Gasteiger partial charge in [-0.2, -0.15) is 18.3 Å². The van der Waals surface area contributed by atoms with E-state index in [-0.39, 0.29) is 11.4 Å². The fourth-order valence-electron chi connectivity index (χ4n) is 2.05. The van der Waals surface area contributed by atoms with E-state index < -0.39 is 28.6 Å². The third-order valence-electron chi connectivity index (χ3n) is 3.20. The Hall–Kier alpha value is -1.09. The van der Waals surface area contributed by atoms with Gasteiger partial charge >= 0.3 is 6.18 Å². The standard InChI is InChI=1S/C12H15ClF3N3O2S/c1-3-6(22-7-4-11(2,5-13)21-19-7)8-9(12(14,15)16)17-18-10(8)20/h6H,3-5H2,1-2H3,(H2,17,18,20). The molecule has 124 valence electrons. The fourth-order valence-corrected chi connectivity index (χ4v) is 3.50. The highest BCUT2D eigenvalue weighted by Gasteiger charge is 2.42. The molecule has 0 saturated carbocycles. The Bertz CT molecular complexity index is 578. The first kappa shape index (κ1) is 17.3. The molecule has 0 amide bonds. The molecular formula is C12H15ClF3N3O2S. The minimum Gasteiger partial charge on any atom is -0.493 e. The largest absolute Gasteiger partial charge is 0.493 e. The number of hydrogen-bond acceptors (Lipinski definition) is 5. The molecule has 0 spiro atoms. The minimum absolute atomic E-state index is 0.224. The molecule has 2 heterocycles.